The molecule has 1 aromatic carbocycles. The van der Waals surface area contributed by atoms with Gasteiger partial charge in [0.25, 0.3) is 5.56 Å². The number of nitrogens with one attached hydrogen (secondary N) is 1. The van der Waals surface area contributed by atoms with E-state index >= 15 is 0 Å². The predicted octanol–water partition coefficient (Wildman–Crippen LogP) is 1.70. The smallest absolute Gasteiger partial charge is 0.261 e. The molecule has 0 saturated heterocycles. The third-order valence-corrected chi connectivity index (χ3v) is 3.77. The zero-order valence-electron chi connectivity index (χ0n) is 12.5. The van der Waals surface area contributed by atoms with E-state index in [1.165, 1.54) is 0 Å². The summed E-state index contributed by atoms with van der Waals surface area (Å²) >= 11 is 3.39. The van der Waals surface area contributed by atoms with Crippen molar-refractivity contribution < 1.29 is 0 Å². The van der Waals surface area contributed by atoms with Crippen LogP contribution in [0.2, 0.25) is 0 Å². The fourth-order valence-electron chi connectivity index (χ4n) is 2.14. The minimum atomic E-state index is 0.0105. The second kappa shape index (κ2) is 7.68. The fraction of sp³-hybridized carbons (Fsp3) is 0.467. The molecule has 0 unspecified atom stereocenters. The molecule has 1 aromatic heterocycles. The molecule has 1 N–H and O–H groups in total. The molecule has 1 heterocycles. The second-order valence-corrected chi connectivity index (χ2v) is 6.23. The second-order valence-electron chi connectivity index (χ2n) is 5.31. The Morgan fingerprint density at radius 3 is 2.90 bits per heavy atom. The van der Waals surface area contributed by atoms with E-state index in [2.05, 4.69) is 45.2 Å². The van der Waals surface area contributed by atoms with Crippen LogP contribution in [0.3, 0.4) is 0 Å². The monoisotopic (exact) mass is 352 g/mol. The van der Waals surface area contributed by atoms with Gasteiger partial charge in [0.2, 0.25) is 0 Å². The summed E-state index contributed by atoms with van der Waals surface area (Å²) in [6.45, 7) is 3.43. The largest absolute Gasteiger partial charge is 0.315 e. The number of halogens is 1. The van der Waals surface area contributed by atoms with Crippen LogP contribution >= 0.6 is 15.9 Å². The zero-order valence-corrected chi connectivity index (χ0v) is 14.1. The summed E-state index contributed by atoms with van der Waals surface area (Å²) in [7, 11) is 4.14. The molecule has 114 valence electrons. The van der Waals surface area contributed by atoms with Gasteiger partial charge in [0.05, 0.1) is 17.2 Å². The maximum absolute atomic E-state index is 12.4. The normalized spacial score (nSPS) is 11.4. The molecule has 6 heteroatoms. The minimum absolute atomic E-state index is 0.0105. The maximum atomic E-state index is 12.4. The molecule has 0 aliphatic heterocycles. The molecule has 0 spiro atoms. The molecule has 21 heavy (non-hydrogen) atoms. The van der Waals surface area contributed by atoms with Crippen LogP contribution in [0.15, 0.2) is 33.8 Å². The van der Waals surface area contributed by atoms with Gasteiger partial charge in [0.1, 0.15) is 0 Å². The van der Waals surface area contributed by atoms with Gasteiger partial charge in [0.15, 0.2) is 0 Å². The van der Waals surface area contributed by atoms with Crippen molar-refractivity contribution in [2.45, 2.75) is 13.0 Å². The van der Waals surface area contributed by atoms with Crippen LogP contribution in [0.25, 0.3) is 10.9 Å². The lowest BCUT2D eigenvalue weighted by Crippen LogP contribution is -2.28. The summed E-state index contributed by atoms with van der Waals surface area (Å²) in [4.78, 5) is 18.9. The Hall–Kier alpha value is -1.24. The third kappa shape index (κ3) is 4.62. The van der Waals surface area contributed by atoms with Gasteiger partial charge in [-0.25, -0.2) is 4.98 Å². The first-order valence-corrected chi connectivity index (χ1v) is 7.87. The standard InChI is InChI=1S/C15H21BrN4O/c1-19(2)8-3-6-17-7-9-20-11-18-14-5-4-12(16)10-13(14)15(20)21/h4-5,10-11,17H,3,6-9H2,1-2H3. The average molecular weight is 353 g/mol. The van der Waals surface area contributed by atoms with Gasteiger partial charge in [-0.1, -0.05) is 15.9 Å². The first-order chi connectivity index (χ1) is 10.1. The molecular weight excluding hydrogens is 332 g/mol. The summed E-state index contributed by atoms with van der Waals surface area (Å²) < 4.78 is 2.56. The van der Waals surface area contributed by atoms with E-state index in [1.54, 1.807) is 10.9 Å². The van der Waals surface area contributed by atoms with Gasteiger partial charge in [-0.05, 0) is 51.8 Å². The van der Waals surface area contributed by atoms with E-state index in [-0.39, 0.29) is 5.56 Å². The van der Waals surface area contributed by atoms with Crippen molar-refractivity contribution in [1.82, 2.24) is 19.8 Å². The highest BCUT2D eigenvalue weighted by Gasteiger charge is 2.04. The zero-order chi connectivity index (χ0) is 15.2. The molecule has 0 bridgehead atoms. The van der Waals surface area contributed by atoms with Crippen molar-refractivity contribution in [2.24, 2.45) is 0 Å². The van der Waals surface area contributed by atoms with E-state index < -0.39 is 0 Å². The molecule has 0 radical (unpaired) electrons. The molecule has 0 saturated carbocycles. The van der Waals surface area contributed by atoms with E-state index in [1.807, 2.05) is 18.2 Å². The van der Waals surface area contributed by atoms with Crippen LogP contribution in [0, 0.1) is 0 Å². The summed E-state index contributed by atoms with van der Waals surface area (Å²) in [5.41, 5.74) is 0.745. The average Bonchev–Trinajstić information content (AvgIpc) is 2.45. The molecule has 2 rings (SSSR count). The number of aromatic nitrogens is 2. The van der Waals surface area contributed by atoms with Crippen molar-refractivity contribution in [3.63, 3.8) is 0 Å². The summed E-state index contributed by atoms with van der Waals surface area (Å²) in [6.07, 6.45) is 2.73. The molecule has 2 aromatic rings. The summed E-state index contributed by atoms with van der Waals surface area (Å²) in [5, 5.41) is 4.00. The number of hydrogen-bond donors (Lipinski definition) is 1. The van der Waals surface area contributed by atoms with Crippen LogP contribution in [0.5, 0.6) is 0 Å². The number of rotatable bonds is 7. The van der Waals surface area contributed by atoms with Crippen molar-refractivity contribution in [2.75, 3.05) is 33.7 Å². The van der Waals surface area contributed by atoms with Gasteiger partial charge < -0.3 is 10.2 Å². The van der Waals surface area contributed by atoms with E-state index in [9.17, 15) is 4.79 Å². The van der Waals surface area contributed by atoms with Gasteiger partial charge >= 0.3 is 0 Å². The number of hydrogen-bond acceptors (Lipinski definition) is 4. The predicted molar refractivity (Wildman–Crippen MR) is 89.7 cm³/mol. The van der Waals surface area contributed by atoms with Crippen LogP contribution < -0.4 is 10.9 Å². The first-order valence-electron chi connectivity index (χ1n) is 7.08. The van der Waals surface area contributed by atoms with Crippen molar-refractivity contribution >= 4 is 26.8 Å². The Bertz CT molecular complexity index is 654. The molecule has 0 amide bonds. The van der Waals surface area contributed by atoms with E-state index in [0.717, 1.165) is 36.0 Å². The van der Waals surface area contributed by atoms with Gasteiger partial charge in [-0.2, -0.15) is 0 Å². The van der Waals surface area contributed by atoms with Gasteiger partial charge in [0, 0.05) is 17.6 Å². The van der Waals surface area contributed by atoms with Crippen LogP contribution in [-0.2, 0) is 6.54 Å². The molecule has 0 atom stereocenters. The number of fused-ring (bicyclic) bond motifs is 1. The molecule has 0 aliphatic rings. The Morgan fingerprint density at radius 1 is 1.33 bits per heavy atom. The van der Waals surface area contributed by atoms with Gasteiger partial charge in [-0.3, -0.25) is 9.36 Å². The third-order valence-electron chi connectivity index (χ3n) is 3.27. The minimum Gasteiger partial charge on any atom is -0.315 e. The maximum Gasteiger partial charge on any atom is 0.261 e. The highest BCUT2D eigenvalue weighted by molar-refractivity contribution is 9.10. The Morgan fingerprint density at radius 2 is 2.14 bits per heavy atom. The lowest BCUT2D eigenvalue weighted by atomic mass is 10.2. The number of benzene rings is 1. The van der Waals surface area contributed by atoms with Gasteiger partial charge in [-0.15, -0.1) is 0 Å². The molecule has 5 nitrogen and oxygen atoms in total. The van der Waals surface area contributed by atoms with Crippen LogP contribution in [-0.4, -0.2) is 48.2 Å². The van der Waals surface area contributed by atoms with E-state index in [4.69, 9.17) is 0 Å². The Kier molecular flexibility index (Phi) is 5.90. The Balaban J connectivity index is 1.93. The summed E-state index contributed by atoms with van der Waals surface area (Å²) in [5.74, 6) is 0. The molecular formula is C15H21BrN4O. The quantitative estimate of drug-likeness (QED) is 0.770. The lowest BCUT2D eigenvalue weighted by molar-refractivity contribution is 0.393. The van der Waals surface area contributed by atoms with Crippen molar-refractivity contribution in [3.8, 4) is 0 Å². The highest BCUT2D eigenvalue weighted by Crippen LogP contribution is 2.14. The molecule has 0 aliphatic carbocycles. The lowest BCUT2D eigenvalue weighted by Gasteiger charge is -2.10. The first kappa shape index (κ1) is 16.1. The van der Waals surface area contributed by atoms with Crippen LogP contribution in [0.4, 0.5) is 0 Å². The van der Waals surface area contributed by atoms with Crippen molar-refractivity contribution in [1.29, 1.82) is 0 Å². The van der Waals surface area contributed by atoms with Crippen LogP contribution in [0.1, 0.15) is 6.42 Å². The summed E-state index contributed by atoms with van der Waals surface area (Å²) in [6, 6.07) is 5.57. The SMILES string of the molecule is CN(C)CCCNCCn1cnc2ccc(Br)cc2c1=O. The fourth-order valence-corrected chi connectivity index (χ4v) is 2.50. The molecule has 0 fully saturated rings. The highest BCUT2D eigenvalue weighted by atomic mass is 79.9. The number of nitrogens with zero attached hydrogens (tertiary/aromatic N) is 3. The topological polar surface area (TPSA) is 50.2 Å². The van der Waals surface area contributed by atoms with Crippen molar-refractivity contribution in [3.05, 3.63) is 39.4 Å². The van der Waals surface area contributed by atoms with E-state index in [0.29, 0.717) is 11.9 Å². The Labute approximate surface area is 133 Å².